The van der Waals surface area contributed by atoms with E-state index < -0.39 is 28.7 Å². The molecule has 8 nitrogen and oxygen atoms in total. The van der Waals surface area contributed by atoms with Crippen molar-refractivity contribution in [3.63, 3.8) is 0 Å². The van der Waals surface area contributed by atoms with Crippen molar-refractivity contribution in [2.24, 2.45) is 0 Å². The number of pyridine rings is 1. The fourth-order valence-electron chi connectivity index (χ4n) is 5.25. The molecule has 2 saturated heterocycles. The number of rotatable bonds is 7. The zero-order valence-electron chi connectivity index (χ0n) is 23.3. The van der Waals surface area contributed by atoms with Gasteiger partial charge in [-0.25, -0.2) is 4.98 Å². The van der Waals surface area contributed by atoms with Crippen molar-refractivity contribution in [1.82, 2.24) is 20.2 Å². The van der Waals surface area contributed by atoms with Crippen LogP contribution in [0, 0.1) is 0 Å². The molecule has 1 N–H and O–H groups in total. The minimum absolute atomic E-state index is 0.0662. The number of aromatic nitrogens is 2. The largest absolute Gasteiger partial charge is 0.435 e. The Kier molecular flexibility index (Phi) is 8.93. The standard InChI is InChI=1S/C29H34F3N5O3S/c1-18-15-37(16-19(2)40-18)23-8-4-6-21(14-23)20(3)34-27(38)25-26(29(30,31)32)35-28(41-25)24-22(7-5-9-33-24)17-36-10-12-39-13-11-36/h4-9,14,18-20H,10-13,15-17H2,1-3H3,(H,34,38)/t18-,19?,20?/m0/s1. The van der Waals surface area contributed by atoms with Crippen molar-refractivity contribution in [2.75, 3.05) is 44.3 Å². The number of benzene rings is 1. The number of thiazole rings is 1. The lowest BCUT2D eigenvalue weighted by molar-refractivity contribution is -0.141. The molecule has 41 heavy (non-hydrogen) atoms. The van der Waals surface area contributed by atoms with Crippen molar-refractivity contribution in [2.45, 2.75) is 51.7 Å². The molecule has 2 unspecified atom stereocenters. The summed E-state index contributed by atoms with van der Waals surface area (Å²) in [6.07, 6.45) is -3.12. The van der Waals surface area contributed by atoms with E-state index in [0.717, 1.165) is 43.0 Å². The Bertz CT molecular complexity index is 1350. The molecular formula is C29H34F3N5O3S. The molecule has 1 aromatic carbocycles. The van der Waals surface area contributed by atoms with Crippen molar-refractivity contribution in [3.8, 4) is 10.7 Å². The molecule has 2 aromatic heterocycles. The van der Waals surface area contributed by atoms with Crippen molar-refractivity contribution >= 4 is 22.9 Å². The van der Waals surface area contributed by atoms with Crippen LogP contribution in [0.3, 0.4) is 0 Å². The van der Waals surface area contributed by atoms with Crippen LogP contribution in [0.25, 0.3) is 10.7 Å². The quantitative estimate of drug-likeness (QED) is 0.408. The summed E-state index contributed by atoms with van der Waals surface area (Å²) in [5.41, 5.74) is 1.67. The van der Waals surface area contributed by atoms with Gasteiger partial charge in [0.25, 0.3) is 5.91 Å². The average molecular weight is 590 g/mol. The third kappa shape index (κ3) is 7.06. The number of alkyl halides is 3. The first kappa shape index (κ1) is 29.4. The number of hydrogen-bond acceptors (Lipinski definition) is 8. The molecule has 2 aliphatic heterocycles. The van der Waals surface area contributed by atoms with E-state index in [4.69, 9.17) is 9.47 Å². The molecule has 0 aliphatic carbocycles. The number of nitrogens with zero attached hydrogens (tertiary/aromatic N) is 4. The number of hydrogen-bond donors (Lipinski definition) is 1. The van der Waals surface area contributed by atoms with Crippen LogP contribution >= 0.6 is 11.3 Å². The molecular weight excluding hydrogens is 555 g/mol. The fourth-order valence-corrected chi connectivity index (χ4v) is 6.27. The number of halogens is 3. The maximum Gasteiger partial charge on any atom is 0.435 e. The summed E-state index contributed by atoms with van der Waals surface area (Å²) >= 11 is 0.716. The number of anilines is 1. The highest BCUT2D eigenvalue weighted by atomic mass is 32.1. The molecule has 0 saturated carbocycles. The lowest BCUT2D eigenvalue weighted by Crippen LogP contribution is -2.45. The van der Waals surface area contributed by atoms with Gasteiger partial charge in [-0.3, -0.25) is 14.7 Å². The maximum absolute atomic E-state index is 14.1. The molecule has 12 heteroatoms. The predicted molar refractivity (Wildman–Crippen MR) is 151 cm³/mol. The molecule has 0 spiro atoms. The zero-order chi connectivity index (χ0) is 29.1. The van der Waals surface area contributed by atoms with Crippen LogP contribution in [0.1, 0.15) is 53.3 Å². The topological polar surface area (TPSA) is 79.8 Å². The van der Waals surface area contributed by atoms with Crippen LogP contribution in [0.15, 0.2) is 42.6 Å². The van der Waals surface area contributed by atoms with Gasteiger partial charge in [-0.1, -0.05) is 18.2 Å². The van der Waals surface area contributed by atoms with Gasteiger partial charge in [0.15, 0.2) is 5.69 Å². The Labute approximate surface area is 241 Å². The first-order valence-corrected chi connectivity index (χ1v) is 14.5. The van der Waals surface area contributed by atoms with Gasteiger partial charge in [-0.15, -0.1) is 11.3 Å². The minimum atomic E-state index is -4.80. The monoisotopic (exact) mass is 589 g/mol. The number of morpholine rings is 2. The lowest BCUT2D eigenvalue weighted by atomic mass is 10.1. The van der Waals surface area contributed by atoms with Gasteiger partial charge in [0.05, 0.1) is 31.5 Å². The number of ether oxygens (including phenoxy) is 2. The van der Waals surface area contributed by atoms with E-state index in [-0.39, 0.29) is 17.2 Å². The molecule has 3 atom stereocenters. The Morgan fingerprint density at radius 3 is 2.59 bits per heavy atom. The van der Waals surface area contributed by atoms with Crippen LogP contribution < -0.4 is 10.2 Å². The van der Waals surface area contributed by atoms with Crippen LogP contribution in [-0.2, 0) is 22.2 Å². The first-order valence-electron chi connectivity index (χ1n) is 13.7. The smallest absolute Gasteiger partial charge is 0.379 e. The molecule has 3 aromatic rings. The Morgan fingerprint density at radius 1 is 1.15 bits per heavy atom. The molecule has 0 radical (unpaired) electrons. The van der Waals surface area contributed by atoms with Gasteiger partial charge in [0, 0.05) is 44.6 Å². The molecule has 5 rings (SSSR count). The Balaban J connectivity index is 1.38. The molecule has 220 valence electrons. The van der Waals surface area contributed by atoms with Gasteiger partial charge in [0.1, 0.15) is 15.6 Å². The van der Waals surface area contributed by atoms with E-state index in [9.17, 15) is 18.0 Å². The van der Waals surface area contributed by atoms with Crippen molar-refractivity contribution in [1.29, 1.82) is 0 Å². The SMILES string of the molecule is CC1CN(c2cccc(C(C)NC(=O)c3sc(-c4ncccc4CN4CCOCC4)nc3C(F)(F)F)c2)C[C@H](C)O1. The lowest BCUT2D eigenvalue weighted by Gasteiger charge is -2.37. The minimum Gasteiger partial charge on any atom is -0.379 e. The van der Waals surface area contributed by atoms with E-state index >= 15 is 0 Å². The average Bonchev–Trinajstić information content (AvgIpc) is 3.40. The number of carbonyl (C=O) groups is 1. The maximum atomic E-state index is 14.1. The van der Waals surface area contributed by atoms with Crippen LogP contribution in [-0.4, -0.2) is 72.4 Å². The highest BCUT2D eigenvalue weighted by Gasteiger charge is 2.40. The summed E-state index contributed by atoms with van der Waals surface area (Å²) in [5, 5.41) is 2.83. The first-order chi connectivity index (χ1) is 19.6. The van der Waals surface area contributed by atoms with Crippen molar-refractivity contribution < 1.29 is 27.4 Å². The molecule has 4 heterocycles. The summed E-state index contributed by atoms with van der Waals surface area (Å²) in [4.78, 5) is 25.5. The van der Waals surface area contributed by atoms with E-state index in [0.29, 0.717) is 36.8 Å². The Morgan fingerprint density at radius 2 is 1.88 bits per heavy atom. The van der Waals surface area contributed by atoms with E-state index in [2.05, 4.69) is 25.1 Å². The summed E-state index contributed by atoms with van der Waals surface area (Å²) < 4.78 is 53.5. The second-order valence-electron chi connectivity index (χ2n) is 10.5. The summed E-state index contributed by atoms with van der Waals surface area (Å²) in [6.45, 7) is 10.4. The fraction of sp³-hybridized carbons (Fsp3) is 0.483. The second kappa shape index (κ2) is 12.4. The normalized spacial score (nSPS) is 21.1. The van der Waals surface area contributed by atoms with Gasteiger partial charge in [0.2, 0.25) is 0 Å². The third-order valence-corrected chi connectivity index (χ3v) is 8.26. The predicted octanol–water partition coefficient (Wildman–Crippen LogP) is 5.16. The summed E-state index contributed by atoms with van der Waals surface area (Å²) in [6, 6.07) is 10.7. The highest BCUT2D eigenvalue weighted by Crippen LogP contribution is 2.38. The molecule has 0 bridgehead atoms. The summed E-state index contributed by atoms with van der Waals surface area (Å²) in [7, 11) is 0. The van der Waals surface area contributed by atoms with Crippen LogP contribution in [0.2, 0.25) is 0 Å². The number of carbonyl (C=O) groups excluding carboxylic acids is 1. The molecule has 2 aliphatic rings. The van der Waals surface area contributed by atoms with E-state index in [1.54, 1.807) is 13.0 Å². The van der Waals surface area contributed by atoms with Crippen LogP contribution in [0.5, 0.6) is 0 Å². The van der Waals surface area contributed by atoms with Gasteiger partial charge < -0.3 is 19.7 Å². The van der Waals surface area contributed by atoms with Crippen molar-refractivity contribution in [3.05, 3.63) is 64.3 Å². The van der Waals surface area contributed by atoms with E-state index in [1.165, 1.54) is 6.20 Å². The van der Waals surface area contributed by atoms with E-state index in [1.807, 2.05) is 44.2 Å². The summed E-state index contributed by atoms with van der Waals surface area (Å²) in [5.74, 6) is -0.821. The second-order valence-corrected chi connectivity index (χ2v) is 11.5. The molecule has 2 fully saturated rings. The number of amides is 1. The number of nitrogens with one attached hydrogen (secondary N) is 1. The Hall–Kier alpha value is -3.06. The van der Waals surface area contributed by atoms with Gasteiger partial charge in [-0.2, -0.15) is 13.2 Å². The van der Waals surface area contributed by atoms with Crippen LogP contribution in [0.4, 0.5) is 18.9 Å². The molecule has 1 amide bonds. The van der Waals surface area contributed by atoms with Gasteiger partial charge in [-0.05, 0) is 50.1 Å². The third-order valence-electron chi connectivity index (χ3n) is 7.20. The van der Waals surface area contributed by atoms with Gasteiger partial charge >= 0.3 is 6.18 Å². The highest BCUT2D eigenvalue weighted by molar-refractivity contribution is 7.17. The zero-order valence-corrected chi connectivity index (χ0v) is 24.1.